The molecule has 3 rings (SSSR count). The number of rotatable bonds is 7. The summed E-state index contributed by atoms with van der Waals surface area (Å²) in [4.78, 5) is 38.5. The lowest BCUT2D eigenvalue weighted by Gasteiger charge is -2.33. The molecule has 0 aromatic heterocycles. The number of phenols is 1. The molecule has 0 aliphatic carbocycles. The summed E-state index contributed by atoms with van der Waals surface area (Å²) in [5, 5.41) is 16.7. The summed E-state index contributed by atoms with van der Waals surface area (Å²) in [7, 11) is 4.74. The maximum atomic E-state index is 12.5. The average molecular weight is 452 g/mol. The molecule has 0 saturated carbocycles. The maximum Gasteiger partial charge on any atom is 0.257 e. The van der Waals surface area contributed by atoms with Crippen molar-refractivity contribution in [2.24, 2.45) is 5.41 Å². The van der Waals surface area contributed by atoms with Crippen LogP contribution in [-0.4, -0.2) is 37.1 Å². The average Bonchev–Trinajstić information content (AvgIpc) is 2.78. The van der Waals surface area contributed by atoms with Crippen molar-refractivity contribution in [2.45, 2.75) is 26.8 Å². The van der Waals surface area contributed by atoms with Crippen LogP contribution >= 0.6 is 0 Å². The summed E-state index contributed by atoms with van der Waals surface area (Å²) in [6.45, 7) is 6.07. The SMILES string of the molecule is COc1ccc(C(Nc2c(Nc3cccc(C(=O)N(C)C)c3O)c(=O)c2=O)C(C)(C)C)cc1. The topological polar surface area (TPSA) is 108 Å². The Kier molecular flexibility index (Phi) is 6.48. The predicted molar refractivity (Wildman–Crippen MR) is 130 cm³/mol. The Morgan fingerprint density at radius 2 is 1.61 bits per heavy atom. The monoisotopic (exact) mass is 451 g/mol. The van der Waals surface area contributed by atoms with Crippen LogP contribution in [0.25, 0.3) is 0 Å². The first-order chi connectivity index (χ1) is 15.5. The third-order valence-electron chi connectivity index (χ3n) is 5.45. The van der Waals surface area contributed by atoms with Gasteiger partial charge in [-0.15, -0.1) is 0 Å². The predicted octanol–water partition coefficient (Wildman–Crippen LogP) is 3.64. The first-order valence-electron chi connectivity index (χ1n) is 10.5. The van der Waals surface area contributed by atoms with Gasteiger partial charge in [0.1, 0.15) is 17.1 Å². The molecule has 3 N–H and O–H groups in total. The lowest BCUT2D eigenvalue weighted by atomic mass is 9.82. The van der Waals surface area contributed by atoms with Gasteiger partial charge in [-0.2, -0.15) is 0 Å². The fraction of sp³-hybridized carbons (Fsp3) is 0.320. The van der Waals surface area contributed by atoms with Gasteiger partial charge >= 0.3 is 0 Å². The number of hydrogen-bond acceptors (Lipinski definition) is 7. The largest absolute Gasteiger partial charge is 0.505 e. The zero-order valence-corrected chi connectivity index (χ0v) is 19.6. The molecule has 1 atom stereocenters. The third kappa shape index (κ3) is 4.69. The van der Waals surface area contributed by atoms with Gasteiger partial charge in [-0.05, 0) is 35.2 Å². The maximum absolute atomic E-state index is 12.5. The molecule has 0 fully saturated rings. The van der Waals surface area contributed by atoms with E-state index in [0.29, 0.717) is 5.75 Å². The number of nitrogens with one attached hydrogen (secondary N) is 2. The van der Waals surface area contributed by atoms with Crippen molar-refractivity contribution >= 4 is 23.0 Å². The molecular formula is C25H29N3O5. The second-order valence-electron chi connectivity index (χ2n) is 9.15. The van der Waals surface area contributed by atoms with E-state index >= 15 is 0 Å². The molecule has 0 radical (unpaired) electrons. The van der Waals surface area contributed by atoms with Crippen LogP contribution in [0.4, 0.5) is 17.1 Å². The minimum atomic E-state index is -0.691. The zero-order chi connectivity index (χ0) is 24.5. The van der Waals surface area contributed by atoms with Crippen molar-refractivity contribution in [1.82, 2.24) is 4.90 Å². The zero-order valence-electron chi connectivity index (χ0n) is 19.6. The van der Waals surface area contributed by atoms with E-state index < -0.39 is 10.9 Å². The van der Waals surface area contributed by atoms with Crippen molar-refractivity contribution in [3.05, 3.63) is 74.0 Å². The summed E-state index contributed by atoms with van der Waals surface area (Å²) >= 11 is 0. The first-order valence-corrected chi connectivity index (χ1v) is 10.5. The van der Waals surface area contributed by atoms with Gasteiger partial charge in [0, 0.05) is 14.1 Å². The Hall–Kier alpha value is -3.81. The van der Waals surface area contributed by atoms with E-state index in [1.165, 1.54) is 17.0 Å². The van der Waals surface area contributed by atoms with E-state index in [0.717, 1.165) is 5.56 Å². The lowest BCUT2D eigenvalue weighted by Crippen LogP contribution is -2.39. The van der Waals surface area contributed by atoms with Gasteiger partial charge in [0.2, 0.25) is 0 Å². The minimum absolute atomic E-state index is 0.0486. The molecule has 0 heterocycles. The number of anilines is 3. The Bertz CT molecular complexity index is 1230. The number of para-hydroxylation sites is 1. The van der Waals surface area contributed by atoms with E-state index in [9.17, 15) is 19.5 Å². The number of benzene rings is 2. The van der Waals surface area contributed by atoms with Crippen LogP contribution < -0.4 is 26.2 Å². The molecule has 1 unspecified atom stereocenters. The summed E-state index contributed by atoms with van der Waals surface area (Å²) in [6, 6.07) is 11.8. The highest BCUT2D eigenvalue weighted by Gasteiger charge is 2.31. The highest BCUT2D eigenvalue weighted by atomic mass is 16.5. The number of carbonyl (C=O) groups excluding carboxylic acids is 1. The Balaban J connectivity index is 1.96. The van der Waals surface area contributed by atoms with Crippen LogP contribution in [0.1, 0.15) is 42.7 Å². The number of amides is 1. The molecule has 0 bridgehead atoms. The molecule has 174 valence electrons. The molecule has 3 aromatic rings. The minimum Gasteiger partial charge on any atom is -0.505 e. The second-order valence-corrected chi connectivity index (χ2v) is 9.15. The van der Waals surface area contributed by atoms with Gasteiger partial charge in [0.25, 0.3) is 16.8 Å². The molecule has 0 saturated heterocycles. The number of ether oxygens (including phenoxy) is 1. The number of nitrogens with zero attached hydrogens (tertiary/aromatic N) is 1. The van der Waals surface area contributed by atoms with Gasteiger partial charge in [0.15, 0.2) is 5.75 Å². The van der Waals surface area contributed by atoms with Gasteiger partial charge < -0.3 is 25.4 Å². The molecule has 3 aromatic carbocycles. The van der Waals surface area contributed by atoms with Crippen LogP contribution in [0.3, 0.4) is 0 Å². The highest BCUT2D eigenvalue weighted by Crippen LogP contribution is 2.38. The Labute approximate surface area is 192 Å². The van der Waals surface area contributed by atoms with E-state index in [1.54, 1.807) is 27.3 Å². The fourth-order valence-corrected chi connectivity index (χ4v) is 3.58. The van der Waals surface area contributed by atoms with Crippen molar-refractivity contribution in [1.29, 1.82) is 0 Å². The van der Waals surface area contributed by atoms with Crippen LogP contribution in [0.15, 0.2) is 52.1 Å². The first kappa shape index (κ1) is 23.8. The Morgan fingerprint density at radius 1 is 1.00 bits per heavy atom. The molecule has 1 amide bonds. The number of phenolic OH excluding ortho intramolecular Hbond substituents is 1. The number of methoxy groups -OCH3 is 1. The lowest BCUT2D eigenvalue weighted by molar-refractivity contribution is 0.0824. The van der Waals surface area contributed by atoms with E-state index in [1.807, 2.05) is 45.0 Å². The quantitative estimate of drug-likeness (QED) is 0.372. The van der Waals surface area contributed by atoms with Crippen LogP contribution in [0.2, 0.25) is 0 Å². The van der Waals surface area contributed by atoms with Crippen molar-refractivity contribution < 1.29 is 14.6 Å². The molecule has 0 aliphatic rings. The van der Waals surface area contributed by atoms with Crippen molar-refractivity contribution in [2.75, 3.05) is 31.8 Å². The number of aromatic hydroxyl groups is 1. The summed E-state index contributed by atoms with van der Waals surface area (Å²) in [6.07, 6.45) is 0. The normalized spacial score (nSPS) is 12.3. The van der Waals surface area contributed by atoms with E-state index in [-0.39, 0.29) is 45.7 Å². The smallest absolute Gasteiger partial charge is 0.257 e. The van der Waals surface area contributed by atoms with Crippen LogP contribution in [-0.2, 0) is 0 Å². The van der Waals surface area contributed by atoms with Crippen LogP contribution in [0, 0.1) is 5.41 Å². The fourth-order valence-electron chi connectivity index (χ4n) is 3.58. The van der Waals surface area contributed by atoms with Crippen molar-refractivity contribution in [3.63, 3.8) is 0 Å². The van der Waals surface area contributed by atoms with Crippen molar-refractivity contribution in [3.8, 4) is 11.5 Å². The molecule has 8 heteroatoms. The molecule has 33 heavy (non-hydrogen) atoms. The summed E-state index contributed by atoms with van der Waals surface area (Å²) in [5.74, 6) is 0.0371. The van der Waals surface area contributed by atoms with Gasteiger partial charge in [-0.25, -0.2) is 0 Å². The molecule has 8 nitrogen and oxygen atoms in total. The van der Waals surface area contributed by atoms with E-state index in [2.05, 4.69) is 10.6 Å². The van der Waals surface area contributed by atoms with Crippen LogP contribution in [0.5, 0.6) is 11.5 Å². The summed E-state index contributed by atoms with van der Waals surface area (Å²) in [5.41, 5.74) is -0.274. The second kappa shape index (κ2) is 8.97. The van der Waals surface area contributed by atoms with Gasteiger partial charge in [-0.1, -0.05) is 39.0 Å². The van der Waals surface area contributed by atoms with Gasteiger partial charge in [-0.3, -0.25) is 14.4 Å². The number of carbonyl (C=O) groups is 1. The standard InChI is InChI=1S/C25H29N3O5/c1-25(2,3)23(14-10-12-15(33-6)13-11-14)27-19-18(21(30)22(19)31)26-17-9-7-8-16(20(17)29)24(32)28(4)5/h7-13,23,26-27,29H,1-6H3. The number of hydrogen-bond donors (Lipinski definition) is 3. The summed E-state index contributed by atoms with van der Waals surface area (Å²) < 4.78 is 5.23. The highest BCUT2D eigenvalue weighted by molar-refractivity contribution is 5.99. The Morgan fingerprint density at radius 3 is 2.15 bits per heavy atom. The van der Waals surface area contributed by atoms with Gasteiger partial charge in [0.05, 0.1) is 24.4 Å². The molecule has 0 spiro atoms. The molecular weight excluding hydrogens is 422 g/mol. The van der Waals surface area contributed by atoms with E-state index in [4.69, 9.17) is 4.74 Å². The molecule has 0 aliphatic heterocycles. The third-order valence-corrected chi connectivity index (χ3v) is 5.45.